The summed E-state index contributed by atoms with van der Waals surface area (Å²) in [5.41, 5.74) is 0.713. The molecule has 7 nitrogen and oxygen atoms in total. The van der Waals surface area contributed by atoms with Gasteiger partial charge in [0.1, 0.15) is 11.6 Å². The van der Waals surface area contributed by atoms with Crippen LogP contribution in [0.2, 0.25) is 5.02 Å². The number of halogens is 1. The summed E-state index contributed by atoms with van der Waals surface area (Å²) in [5.74, 6) is 0.648. The van der Waals surface area contributed by atoms with E-state index in [0.29, 0.717) is 39.6 Å². The molecule has 2 aromatic carbocycles. The average molecular weight is 425 g/mol. The number of ether oxygens (including phenoxy) is 1. The van der Waals surface area contributed by atoms with Gasteiger partial charge >= 0.3 is 0 Å². The molecule has 0 radical (unpaired) electrons. The molecule has 30 heavy (non-hydrogen) atoms. The number of aromatic amines is 1. The first kappa shape index (κ1) is 21.3. The van der Waals surface area contributed by atoms with Crippen LogP contribution in [0.3, 0.4) is 0 Å². The van der Waals surface area contributed by atoms with Crippen LogP contribution in [0.4, 0.5) is 0 Å². The first-order valence-electron chi connectivity index (χ1n) is 9.55. The lowest BCUT2D eigenvalue weighted by atomic mass is 10.2. The van der Waals surface area contributed by atoms with Crippen LogP contribution in [0.1, 0.15) is 31.7 Å². The van der Waals surface area contributed by atoms with Crippen LogP contribution in [0, 0.1) is 11.3 Å². The van der Waals surface area contributed by atoms with Crippen molar-refractivity contribution < 1.29 is 9.53 Å². The Kier molecular flexibility index (Phi) is 6.70. The zero-order valence-corrected chi connectivity index (χ0v) is 17.4. The van der Waals surface area contributed by atoms with E-state index in [4.69, 9.17) is 21.6 Å². The number of hydrogen-bond acceptors (Lipinski definition) is 5. The second kappa shape index (κ2) is 9.42. The Morgan fingerprint density at radius 2 is 2.03 bits per heavy atom. The van der Waals surface area contributed by atoms with E-state index in [1.807, 2.05) is 13.0 Å². The number of nitrogens with one attached hydrogen (secondary N) is 1. The van der Waals surface area contributed by atoms with Gasteiger partial charge in [-0.05, 0) is 55.8 Å². The van der Waals surface area contributed by atoms with Crippen molar-refractivity contribution in [3.63, 3.8) is 0 Å². The van der Waals surface area contributed by atoms with Crippen LogP contribution >= 0.6 is 11.6 Å². The molecule has 0 saturated heterocycles. The van der Waals surface area contributed by atoms with Gasteiger partial charge in [0, 0.05) is 11.6 Å². The van der Waals surface area contributed by atoms with Gasteiger partial charge in [-0.3, -0.25) is 9.59 Å². The Labute approximate surface area is 178 Å². The number of fused-ring (bicyclic) bond motifs is 1. The zero-order valence-electron chi connectivity index (χ0n) is 16.7. The van der Waals surface area contributed by atoms with Gasteiger partial charge in [0.25, 0.3) is 11.5 Å². The smallest absolute Gasteiger partial charge is 0.263 e. The van der Waals surface area contributed by atoms with E-state index in [0.717, 1.165) is 6.42 Å². The third-order valence-electron chi connectivity index (χ3n) is 4.51. The molecule has 0 aliphatic carbocycles. The lowest BCUT2D eigenvalue weighted by Gasteiger charge is -2.25. The van der Waals surface area contributed by atoms with E-state index >= 15 is 0 Å². The first-order chi connectivity index (χ1) is 14.4. The molecular weight excluding hydrogens is 404 g/mol. The van der Waals surface area contributed by atoms with E-state index in [1.165, 1.54) is 0 Å². The number of amides is 1. The lowest BCUT2D eigenvalue weighted by molar-refractivity contribution is -0.138. The van der Waals surface area contributed by atoms with Gasteiger partial charge in [-0.1, -0.05) is 18.5 Å². The summed E-state index contributed by atoms with van der Waals surface area (Å²) < 4.78 is 5.74. The fourth-order valence-electron chi connectivity index (χ4n) is 3.07. The van der Waals surface area contributed by atoms with Gasteiger partial charge in [0.05, 0.1) is 29.1 Å². The fourth-order valence-corrected chi connectivity index (χ4v) is 3.24. The maximum atomic E-state index is 13.0. The number of H-pyrrole nitrogens is 1. The monoisotopic (exact) mass is 424 g/mol. The minimum absolute atomic E-state index is 0.144. The molecular formula is C22H21ClN4O3. The van der Waals surface area contributed by atoms with Crippen molar-refractivity contribution in [1.29, 1.82) is 5.26 Å². The predicted molar refractivity (Wildman–Crippen MR) is 114 cm³/mol. The van der Waals surface area contributed by atoms with Gasteiger partial charge in [-0.25, -0.2) is 4.98 Å². The van der Waals surface area contributed by atoms with Crippen LogP contribution < -0.4 is 10.3 Å². The first-order valence-corrected chi connectivity index (χ1v) is 9.93. The summed E-state index contributed by atoms with van der Waals surface area (Å²) in [4.78, 5) is 34.1. The van der Waals surface area contributed by atoms with Crippen LogP contribution in [0.5, 0.6) is 5.75 Å². The van der Waals surface area contributed by atoms with Gasteiger partial charge in [-0.15, -0.1) is 0 Å². The van der Waals surface area contributed by atoms with Gasteiger partial charge in [0.15, 0.2) is 6.10 Å². The second-order valence-corrected chi connectivity index (χ2v) is 7.27. The van der Waals surface area contributed by atoms with Crippen LogP contribution in [0.25, 0.3) is 10.9 Å². The highest BCUT2D eigenvalue weighted by atomic mass is 35.5. The van der Waals surface area contributed by atoms with E-state index in [1.54, 1.807) is 54.3 Å². The number of nitriles is 1. The molecule has 0 spiro atoms. The summed E-state index contributed by atoms with van der Waals surface area (Å²) in [6.07, 6.45) is -0.00926. The minimum Gasteiger partial charge on any atom is -0.481 e. The number of benzene rings is 2. The van der Waals surface area contributed by atoms with Crippen molar-refractivity contribution in [2.45, 2.75) is 32.9 Å². The minimum atomic E-state index is -0.744. The number of aromatic nitrogens is 2. The van der Waals surface area contributed by atoms with E-state index in [9.17, 15) is 9.59 Å². The number of hydrogen-bond donors (Lipinski definition) is 1. The summed E-state index contributed by atoms with van der Waals surface area (Å²) >= 11 is 6.02. The molecule has 0 fully saturated rings. The van der Waals surface area contributed by atoms with Gasteiger partial charge in [0.2, 0.25) is 0 Å². The summed E-state index contributed by atoms with van der Waals surface area (Å²) in [6, 6.07) is 13.5. The summed E-state index contributed by atoms with van der Waals surface area (Å²) in [6.45, 7) is 4.25. The Morgan fingerprint density at radius 1 is 1.30 bits per heavy atom. The van der Waals surface area contributed by atoms with Crippen molar-refractivity contribution in [2.75, 3.05) is 6.54 Å². The Balaban J connectivity index is 1.79. The molecule has 0 bridgehead atoms. The molecule has 154 valence electrons. The molecule has 3 aromatic rings. The molecule has 0 aliphatic rings. The Bertz CT molecular complexity index is 1150. The number of carbonyl (C=O) groups is 1. The highest BCUT2D eigenvalue weighted by Crippen LogP contribution is 2.17. The molecule has 1 amide bonds. The molecule has 0 aliphatic heterocycles. The van der Waals surface area contributed by atoms with E-state index in [-0.39, 0.29) is 18.0 Å². The van der Waals surface area contributed by atoms with Crippen molar-refractivity contribution in [3.8, 4) is 11.8 Å². The third-order valence-corrected chi connectivity index (χ3v) is 4.74. The second-order valence-electron chi connectivity index (χ2n) is 6.83. The van der Waals surface area contributed by atoms with Gasteiger partial charge in [-0.2, -0.15) is 5.26 Å². The third kappa shape index (κ3) is 4.97. The van der Waals surface area contributed by atoms with Crippen molar-refractivity contribution in [3.05, 3.63) is 69.2 Å². The fraction of sp³-hybridized carbons (Fsp3) is 0.273. The molecule has 3 rings (SSSR count). The highest BCUT2D eigenvalue weighted by Gasteiger charge is 2.23. The van der Waals surface area contributed by atoms with E-state index < -0.39 is 6.10 Å². The molecule has 0 saturated carbocycles. The van der Waals surface area contributed by atoms with Crippen molar-refractivity contribution >= 4 is 28.4 Å². The van der Waals surface area contributed by atoms with Gasteiger partial charge < -0.3 is 14.6 Å². The zero-order chi connectivity index (χ0) is 21.7. The van der Waals surface area contributed by atoms with E-state index in [2.05, 4.69) is 9.97 Å². The SMILES string of the molecule is CCCN(Cc1nc2cc(Cl)ccc2c(=O)[nH]1)C(=O)C(C)Oc1ccc(C#N)cc1. The molecule has 1 atom stereocenters. The molecule has 1 aromatic heterocycles. The number of nitrogens with zero attached hydrogens (tertiary/aromatic N) is 3. The van der Waals surface area contributed by atoms with Crippen molar-refractivity contribution in [2.24, 2.45) is 0 Å². The van der Waals surface area contributed by atoms with Crippen LogP contribution in [0.15, 0.2) is 47.3 Å². The normalized spacial score (nSPS) is 11.7. The molecule has 1 heterocycles. The quantitative estimate of drug-likeness (QED) is 0.624. The largest absolute Gasteiger partial charge is 0.481 e. The molecule has 8 heteroatoms. The summed E-state index contributed by atoms with van der Waals surface area (Å²) in [7, 11) is 0. The van der Waals surface area contributed by atoms with Crippen LogP contribution in [-0.4, -0.2) is 33.4 Å². The average Bonchev–Trinajstić information content (AvgIpc) is 2.73. The van der Waals surface area contributed by atoms with Crippen molar-refractivity contribution in [1.82, 2.24) is 14.9 Å². The summed E-state index contributed by atoms with van der Waals surface area (Å²) in [5, 5.41) is 9.80. The number of rotatable bonds is 7. The number of carbonyl (C=O) groups excluding carboxylic acids is 1. The van der Waals surface area contributed by atoms with Crippen LogP contribution in [-0.2, 0) is 11.3 Å². The Hall–Kier alpha value is -3.37. The maximum absolute atomic E-state index is 13.0. The predicted octanol–water partition coefficient (Wildman–Crippen LogP) is 3.65. The highest BCUT2D eigenvalue weighted by molar-refractivity contribution is 6.31. The standard InChI is InChI=1S/C22H21ClN4O3/c1-3-10-27(22(29)14(2)30-17-7-4-15(12-24)5-8-17)13-20-25-19-11-16(23)6-9-18(19)21(28)26-20/h4-9,11,14H,3,10,13H2,1-2H3,(H,25,26,28). The maximum Gasteiger partial charge on any atom is 0.263 e. The molecule has 1 N–H and O–H groups in total. The lowest BCUT2D eigenvalue weighted by Crippen LogP contribution is -2.41. The Morgan fingerprint density at radius 3 is 2.70 bits per heavy atom. The molecule has 1 unspecified atom stereocenters. The topological polar surface area (TPSA) is 99.1 Å².